The molecule has 4 fully saturated rings. The molecule has 8 unspecified atom stereocenters. The van der Waals surface area contributed by atoms with E-state index in [1.165, 1.54) is 31.3 Å². The van der Waals surface area contributed by atoms with Crippen LogP contribution in [0.3, 0.4) is 0 Å². The van der Waals surface area contributed by atoms with Crippen molar-refractivity contribution in [1.29, 1.82) is 0 Å². The van der Waals surface area contributed by atoms with E-state index in [2.05, 4.69) is 51.8 Å². The van der Waals surface area contributed by atoms with Gasteiger partial charge in [0.15, 0.2) is 5.78 Å². The third kappa shape index (κ3) is 7.72. The number of ketones is 1. The largest absolute Gasteiger partial charge is 0.462 e. The van der Waals surface area contributed by atoms with Crippen LogP contribution in [0.5, 0.6) is 0 Å². The van der Waals surface area contributed by atoms with Crippen molar-refractivity contribution in [2.45, 2.75) is 153 Å². The molecule has 2 N–H and O–H groups in total. The molecular formula is C43H70N2O5S. The average molecular weight is 727 g/mol. The number of hydrogen-bond donors (Lipinski definition) is 2. The predicted molar refractivity (Wildman–Crippen MR) is 207 cm³/mol. The summed E-state index contributed by atoms with van der Waals surface area (Å²) in [4.78, 5) is 42.7. The number of aliphatic hydroxyl groups excluding tert-OH is 1. The summed E-state index contributed by atoms with van der Waals surface area (Å²) in [6.45, 7) is 23.7. The molecule has 1 heterocycles. The van der Waals surface area contributed by atoms with Gasteiger partial charge in [-0.2, -0.15) is 0 Å². The molecule has 5 aliphatic rings. The maximum Gasteiger partial charge on any atom is 0.307 e. The van der Waals surface area contributed by atoms with Gasteiger partial charge in [0.25, 0.3) is 0 Å². The van der Waals surface area contributed by atoms with E-state index in [4.69, 9.17) is 9.84 Å². The Bertz CT molecular complexity index is 1400. The van der Waals surface area contributed by atoms with E-state index < -0.39 is 5.41 Å². The van der Waals surface area contributed by atoms with Gasteiger partial charge in [0.05, 0.1) is 6.42 Å². The lowest BCUT2D eigenvalue weighted by atomic mass is 9.36. The summed E-state index contributed by atoms with van der Waals surface area (Å²) >= 11 is 1.70. The number of aromatic nitrogens is 1. The summed E-state index contributed by atoms with van der Waals surface area (Å²) in [5.74, 6) is 2.71. The number of carbonyl (C=O) groups is 3. The van der Waals surface area contributed by atoms with Gasteiger partial charge in [0.1, 0.15) is 17.4 Å². The number of carbonyl (C=O) groups excluding carboxylic acids is 3. The van der Waals surface area contributed by atoms with Gasteiger partial charge in [-0.1, -0.05) is 74.8 Å². The van der Waals surface area contributed by atoms with E-state index in [-0.39, 0.29) is 46.1 Å². The summed E-state index contributed by atoms with van der Waals surface area (Å²) in [6.07, 6.45) is 13.6. The number of fused-ring (bicyclic) bond motifs is 7. The van der Waals surface area contributed by atoms with Crippen LogP contribution in [0.25, 0.3) is 0 Å². The number of hydrogen-bond acceptors (Lipinski definition) is 8. The molecule has 8 atom stereocenters. The van der Waals surface area contributed by atoms with Crippen molar-refractivity contribution in [1.82, 2.24) is 10.3 Å². The first-order valence-corrected chi connectivity index (χ1v) is 20.9. The van der Waals surface area contributed by atoms with Gasteiger partial charge in [0, 0.05) is 47.9 Å². The molecule has 1 aromatic heterocycles. The van der Waals surface area contributed by atoms with E-state index in [0.29, 0.717) is 35.9 Å². The molecule has 8 heteroatoms. The van der Waals surface area contributed by atoms with E-state index in [1.54, 1.807) is 30.8 Å². The maximum atomic E-state index is 13.8. The molecule has 4 saturated carbocycles. The number of thiazole rings is 1. The number of esters is 1. The van der Waals surface area contributed by atoms with Gasteiger partial charge in [-0.3, -0.25) is 9.59 Å². The van der Waals surface area contributed by atoms with Gasteiger partial charge < -0.3 is 20.0 Å². The molecule has 6 rings (SSSR count). The van der Waals surface area contributed by atoms with Crippen LogP contribution in [0.2, 0.25) is 0 Å². The molecule has 0 amide bonds. The first-order valence-electron chi connectivity index (χ1n) is 20.1. The van der Waals surface area contributed by atoms with Crippen LogP contribution in [0.4, 0.5) is 0 Å². The summed E-state index contributed by atoms with van der Waals surface area (Å²) < 4.78 is 6.21. The molecule has 51 heavy (non-hydrogen) atoms. The van der Waals surface area contributed by atoms with Crippen molar-refractivity contribution in [2.75, 3.05) is 13.7 Å². The highest BCUT2D eigenvalue weighted by atomic mass is 32.1. The Kier molecular flexibility index (Phi) is 13.3. The predicted octanol–water partition coefficient (Wildman–Crippen LogP) is 9.38. The number of rotatable bonds is 10. The van der Waals surface area contributed by atoms with Crippen molar-refractivity contribution in [3.63, 3.8) is 0 Å². The Morgan fingerprint density at radius 1 is 1.04 bits per heavy atom. The third-order valence-electron chi connectivity index (χ3n) is 14.4. The minimum atomic E-state index is -0.694. The minimum Gasteiger partial charge on any atom is -0.462 e. The molecule has 5 aliphatic carbocycles. The number of allylic oxidation sites excluding steroid dienone is 2. The molecule has 7 nitrogen and oxygen atoms in total. The summed E-state index contributed by atoms with van der Waals surface area (Å²) in [7, 11) is 1.00. The van der Waals surface area contributed by atoms with Crippen LogP contribution < -0.4 is 5.32 Å². The standard InChI is InChI=1S/C40H60N2O4S.C2H6.CH4O/c1-25(2)34-28(44)21-40(17-18-41-23-32-42-19-20-47-32)16-11-27-26(35(34)40)9-10-30-38(27,7)14-12-29-37(5,6)31(13-15-39(29,30)8)46-33(45)22-36(3,4)24-43;2*1-2/h19-20,24-27,29-31,41H,9-18,21-23H2,1-8H3;1-2H3;2H,1H3. The average Bonchev–Trinajstić information content (AvgIpc) is 3.71. The Balaban J connectivity index is 0.00000141. The number of ether oxygens (including phenoxy) is 1. The number of aldehydes is 1. The van der Waals surface area contributed by atoms with Crippen LogP contribution in [-0.2, 0) is 25.7 Å². The molecule has 0 saturated heterocycles. The first-order chi connectivity index (χ1) is 24.1. The number of nitrogens with one attached hydrogen (secondary N) is 1. The van der Waals surface area contributed by atoms with Crippen molar-refractivity contribution >= 4 is 29.4 Å². The minimum absolute atomic E-state index is 0.0143. The van der Waals surface area contributed by atoms with Crippen LogP contribution in [0.15, 0.2) is 22.7 Å². The topological polar surface area (TPSA) is 106 Å². The van der Waals surface area contributed by atoms with Crippen molar-refractivity contribution < 1.29 is 24.2 Å². The number of Topliss-reactive ketones (excluding diaryl/α,β-unsaturated/α-hetero) is 1. The quantitative estimate of drug-likeness (QED) is 0.141. The number of aliphatic hydroxyl groups is 1. The Morgan fingerprint density at radius 2 is 1.73 bits per heavy atom. The van der Waals surface area contributed by atoms with Crippen molar-refractivity contribution in [3.8, 4) is 0 Å². The molecule has 0 radical (unpaired) electrons. The van der Waals surface area contributed by atoms with Crippen LogP contribution >= 0.6 is 11.3 Å². The third-order valence-corrected chi connectivity index (χ3v) is 15.2. The molecule has 0 aliphatic heterocycles. The lowest BCUT2D eigenvalue weighted by molar-refractivity contribution is -0.213. The van der Waals surface area contributed by atoms with E-state index >= 15 is 0 Å². The van der Waals surface area contributed by atoms with Gasteiger partial charge in [-0.25, -0.2) is 4.98 Å². The Morgan fingerprint density at radius 3 is 2.35 bits per heavy atom. The highest BCUT2D eigenvalue weighted by Crippen LogP contribution is 2.73. The fourth-order valence-corrected chi connectivity index (χ4v) is 13.0. The Labute approximate surface area is 313 Å². The van der Waals surface area contributed by atoms with Gasteiger partial charge >= 0.3 is 5.97 Å². The van der Waals surface area contributed by atoms with Crippen molar-refractivity contribution in [3.05, 3.63) is 27.7 Å². The van der Waals surface area contributed by atoms with Crippen LogP contribution in [0.1, 0.15) is 145 Å². The zero-order chi connectivity index (χ0) is 38.0. The highest BCUT2D eigenvalue weighted by molar-refractivity contribution is 7.09. The first kappa shape index (κ1) is 41.9. The second-order valence-electron chi connectivity index (χ2n) is 18.3. The van der Waals surface area contributed by atoms with E-state index in [1.807, 2.05) is 25.4 Å². The zero-order valence-electron chi connectivity index (χ0n) is 33.8. The summed E-state index contributed by atoms with van der Waals surface area (Å²) in [6, 6.07) is 0. The van der Waals surface area contributed by atoms with E-state index in [9.17, 15) is 14.4 Å². The van der Waals surface area contributed by atoms with Gasteiger partial charge in [-0.05, 0) is 110 Å². The monoisotopic (exact) mass is 727 g/mol. The lowest BCUT2D eigenvalue weighted by Gasteiger charge is -2.69. The molecule has 1 aromatic rings. The smallest absolute Gasteiger partial charge is 0.307 e. The lowest BCUT2D eigenvalue weighted by Crippen LogP contribution is -2.63. The van der Waals surface area contributed by atoms with Crippen molar-refractivity contribution in [2.24, 2.45) is 56.7 Å². The normalized spacial score (nSPS) is 35.2. The molecule has 0 spiro atoms. The maximum absolute atomic E-state index is 13.8. The fourth-order valence-electron chi connectivity index (χ4n) is 12.4. The van der Waals surface area contributed by atoms with Crippen LogP contribution in [-0.4, -0.2) is 47.9 Å². The van der Waals surface area contributed by atoms with Crippen LogP contribution in [0, 0.1) is 56.7 Å². The molecular weight excluding hydrogens is 657 g/mol. The summed E-state index contributed by atoms with van der Waals surface area (Å²) in [5.41, 5.74) is 2.40. The van der Waals surface area contributed by atoms with E-state index in [0.717, 1.165) is 63.6 Å². The Hall–Kier alpha value is -1.90. The summed E-state index contributed by atoms with van der Waals surface area (Å²) in [5, 5.41) is 13.8. The fraction of sp³-hybridized carbons (Fsp3) is 0.814. The van der Waals surface area contributed by atoms with Gasteiger partial charge in [0.2, 0.25) is 0 Å². The molecule has 288 valence electrons. The SMILES string of the molecule is CC.CC(C)C1=C2C3CCC4C(C)(CCC5C(C)(C)C(OC(=O)CC(C)(C)C=O)CCC54C)C3CCC2(CCNCc2nccs2)CC1=O.CO. The molecule has 0 aromatic carbocycles. The second-order valence-corrected chi connectivity index (χ2v) is 19.3. The van der Waals surface area contributed by atoms with Gasteiger partial charge in [-0.15, -0.1) is 11.3 Å². The molecule has 0 bridgehead atoms. The highest BCUT2D eigenvalue weighted by Gasteiger charge is 2.66. The second kappa shape index (κ2) is 16.2. The zero-order valence-corrected chi connectivity index (χ0v) is 34.6. The number of nitrogens with zero attached hydrogens (tertiary/aromatic N) is 1.